The van der Waals surface area contributed by atoms with Crippen LogP contribution < -0.4 is 0 Å². The van der Waals surface area contributed by atoms with Crippen LogP contribution in [0.3, 0.4) is 0 Å². The lowest BCUT2D eigenvalue weighted by atomic mass is 9.79. The number of rotatable bonds is 3. The molecular weight excluding hydrogens is 334 g/mol. The molecule has 0 bridgehead atoms. The highest BCUT2D eigenvalue weighted by atomic mass is 16.2. The summed E-state index contributed by atoms with van der Waals surface area (Å²) >= 11 is 0. The molecule has 27 heavy (non-hydrogen) atoms. The van der Waals surface area contributed by atoms with Gasteiger partial charge in [-0.1, -0.05) is 66.6 Å². The Morgan fingerprint density at radius 1 is 0.889 bits per heavy atom. The Bertz CT molecular complexity index is 849. The highest BCUT2D eigenvalue weighted by Crippen LogP contribution is 2.46. The van der Waals surface area contributed by atoms with Gasteiger partial charge < -0.3 is 4.90 Å². The zero-order valence-electron chi connectivity index (χ0n) is 16.3. The Kier molecular flexibility index (Phi) is 4.63. The number of hydrogen-bond acceptors (Lipinski definition) is 2. The van der Waals surface area contributed by atoms with Gasteiger partial charge in [0.1, 0.15) is 5.78 Å². The zero-order chi connectivity index (χ0) is 19.1. The first kappa shape index (κ1) is 18.0. The predicted octanol–water partition coefficient (Wildman–Crippen LogP) is 4.93. The molecular formula is C24H27NO2. The third-order valence-corrected chi connectivity index (χ3v) is 6.07. The number of likely N-dealkylation sites (tertiary alicyclic amines) is 1. The Hall–Kier alpha value is -2.42. The number of benzene rings is 2. The van der Waals surface area contributed by atoms with E-state index in [2.05, 4.69) is 62.4 Å². The third kappa shape index (κ3) is 3.43. The van der Waals surface area contributed by atoms with Gasteiger partial charge in [-0.15, -0.1) is 0 Å². The molecule has 1 heterocycles. The Morgan fingerprint density at radius 3 is 1.93 bits per heavy atom. The van der Waals surface area contributed by atoms with Crippen molar-refractivity contribution in [2.45, 2.75) is 52.1 Å². The molecule has 2 aromatic rings. The summed E-state index contributed by atoms with van der Waals surface area (Å²) in [6.07, 6.45) is 2.35. The molecule has 0 unspecified atom stereocenters. The van der Waals surface area contributed by atoms with Gasteiger partial charge in [-0.3, -0.25) is 9.59 Å². The minimum absolute atomic E-state index is 0.131. The van der Waals surface area contributed by atoms with Crippen LogP contribution in [0.2, 0.25) is 0 Å². The van der Waals surface area contributed by atoms with Crippen molar-refractivity contribution in [2.75, 3.05) is 0 Å². The molecule has 3 nitrogen and oxygen atoms in total. The summed E-state index contributed by atoms with van der Waals surface area (Å²) in [5.74, 6) is 0.403. The Balaban J connectivity index is 1.80. The van der Waals surface area contributed by atoms with Crippen molar-refractivity contribution in [3.8, 4) is 0 Å². The topological polar surface area (TPSA) is 37.4 Å². The second kappa shape index (κ2) is 6.95. The van der Waals surface area contributed by atoms with Crippen molar-refractivity contribution in [1.82, 2.24) is 4.90 Å². The van der Waals surface area contributed by atoms with E-state index in [1.54, 1.807) is 0 Å². The molecule has 140 valence electrons. The molecule has 1 aliphatic carbocycles. The molecule has 1 aliphatic heterocycles. The molecule has 2 fully saturated rings. The number of aryl methyl sites for hydroxylation is 2. The van der Waals surface area contributed by atoms with Crippen LogP contribution in [0.1, 0.15) is 60.5 Å². The molecule has 3 atom stereocenters. The average molecular weight is 361 g/mol. The van der Waals surface area contributed by atoms with Gasteiger partial charge in [0.2, 0.25) is 5.91 Å². The first-order valence-electron chi connectivity index (χ1n) is 9.93. The van der Waals surface area contributed by atoms with Gasteiger partial charge in [-0.2, -0.15) is 0 Å². The minimum atomic E-state index is -0.189. The second-order valence-electron chi connectivity index (χ2n) is 8.26. The lowest BCUT2D eigenvalue weighted by Gasteiger charge is -2.45. The van der Waals surface area contributed by atoms with E-state index in [9.17, 15) is 9.59 Å². The lowest BCUT2D eigenvalue weighted by molar-refractivity contribution is -0.147. The Morgan fingerprint density at radius 2 is 1.41 bits per heavy atom. The monoisotopic (exact) mass is 361 g/mol. The summed E-state index contributed by atoms with van der Waals surface area (Å²) in [5, 5.41) is 0. The first-order chi connectivity index (χ1) is 13.0. The number of amides is 1. The summed E-state index contributed by atoms with van der Waals surface area (Å²) < 4.78 is 0. The van der Waals surface area contributed by atoms with E-state index in [0.29, 0.717) is 6.42 Å². The van der Waals surface area contributed by atoms with Crippen LogP contribution in [0.25, 0.3) is 0 Å². The highest BCUT2D eigenvalue weighted by Gasteiger charge is 2.47. The van der Waals surface area contributed by atoms with Gasteiger partial charge in [0.15, 0.2) is 0 Å². The van der Waals surface area contributed by atoms with Crippen LogP contribution in [0.15, 0.2) is 48.5 Å². The van der Waals surface area contributed by atoms with Crippen molar-refractivity contribution in [3.05, 3.63) is 70.8 Å². The number of piperidine rings is 1. The highest BCUT2D eigenvalue weighted by molar-refractivity contribution is 5.88. The Labute approximate surface area is 161 Å². The fourth-order valence-electron chi connectivity index (χ4n) is 4.20. The molecule has 4 rings (SSSR count). The van der Waals surface area contributed by atoms with E-state index in [1.807, 2.05) is 11.8 Å². The summed E-state index contributed by atoms with van der Waals surface area (Å²) in [6.45, 7) is 6.09. The number of Topliss-reactive ketones (excluding diaryl/α,β-unsaturated/α-hetero) is 1. The second-order valence-corrected chi connectivity index (χ2v) is 8.26. The molecule has 0 radical (unpaired) electrons. The van der Waals surface area contributed by atoms with Gasteiger partial charge in [0.25, 0.3) is 0 Å². The minimum Gasteiger partial charge on any atom is -0.327 e. The van der Waals surface area contributed by atoms with Gasteiger partial charge in [0.05, 0.1) is 12.1 Å². The SMILES string of the molecule is Cc1ccc([C@@H]2CC(=O)[C@@H](C)[C@H](c3ccc(C)cc3)N2C(=O)C2CC2)cc1. The van der Waals surface area contributed by atoms with E-state index >= 15 is 0 Å². The van der Waals surface area contributed by atoms with Crippen LogP contribution >= 0.6 is 0 Å². The van der Waals surface area contributed by atoms with Crippen LogP contribution in [-0.4, -0.2) is 16.6 Å². The maximum Gasteiger partial charge on any atom is 0.226 e. The summed E-state index contributed by atoms with van der Waals surface area (Å²) in [6, 6.07) is 16.2. The molecule has 3 heteroatoms. The van der Waals surface area contributed by atoms with E-state index in [0.717, 1.165) is 24.0 Å². The van der Waals surface area contributed by atoms with E-state index in [1.165, 1.54) is 11.1 Å². The molecule has 2 aromatic carbocycles. The quantitative estimate of drug-likeness (QED) is 0.777. The van der Waals surface area contributed by atoms with Crippen molar-refractivity contribution in [1.29, 1.82) is 0 Å². The van der Waals surface area contributed by atoms with Crippen LogP contribution in [0.4, 0.5) is 0 Å². The molecule has 1 saturated carbocycles. The number of ketones is 1. The van der Waals surface area contributed by atoms with Crippen molar-refractivity contribution >= 4 is 11.7 Å². The third-order valence-electron chi connectivity index (χ3n) is 6.07. The molecule has 0 aromatic heterocycles. The fraction of sp³-hybridized carbons (Fsp3) is 0.417. The molecule has 2 aliphatic rings. The number of hydrogen-bond donors (Lipinski definition) is 0. The molecule has 0 N–H and O–H groups in total. The van der Waals surface area contributed by atoms with Crippen LogP contribution in [-0.2, 0) is 9.59 Å². The van der Waals surface area contributed by atoms with Crippen molar-refractivity contribution < 1.29 is 9.59 Å². The summed E-state index contributed by atoms with van der Waals surface area (Å²) in [5.41, 5.74) is 4.49. The van der Waals surface area contributed by atoms with Gasteiger partial charge in [-0.25, -0.2) is 0 Å². The van der Waals surface area contributed by atoms with Crippen LogP contribution in [0.5, 0.6) is 0 Å². The van der Waals surface area contributed by atoms with E-state index < -0.39 is 0 Å². The van der Waals surface area contributed by atoms with Crippen molar-refractivity contribution in [2.24, 2.45) is 11.8 Å². The average Bonchev–Trinajstić information content (AvgIpc) is 3.50. The fourth-order valence-corrected chi connectivity index (χ4v) is 4.20. The molecule has 0 spiro atoms. The maximum absolute atomic E-state index is 13.3. The van der Waals surface area contributed by atoms with Gasteiger partial charge in [-0.05, 0) is 37.8 Å². The summed E-state index contributed by atoms with van der Waals surface area (Å²) in [4.78, 5) is 28.3. The van der Waals surface area contributed by atoms with E-state index in [-0.39, 0.29) is 35.6 Å². The number of carbonyl (C=O) groups excluding carboxylic acids is 2. The van der Waals surface area contributed by atoms with E-state index in [4.69, 9.17) is 0 Å². The van der Waals surface area contributed by atoms with Gasteiger partial charge >= 0.3 is 0 Å². The van der Waals surface area contributed by atoms with Gasteiger partial charge in [0, 0.05) is 18.3 Å². The molecule has 1 saturated heterocycles. The number of nitrogens with zero attached hydrogens (tertiary/aromatic N) is 1. The number of carbonyl (C=O) groups is 2. The van der Waals surface area contributed by atoms with Crippen molar-refractivity contribution in [3.63, 3.8) is 0 Å². The zero-order valence-corrected chi connectivity index (χ0v) is 16.3. The lowest BCUT2D eigenvalue weighted by Crippen LogP contribution is -2.48. The smallest absolute Gasteiger partial charge is 0.226 e. The largest absolute Gasteiger partial charge is 0.327 e. The maximum atomic E-state index is 13.3. The standard InChI is InChI=1S/C24H27NO2/c1-15-4-8-18(9-5-15)21-14-22(26)17(3)23(19-10-6-16(2)7-11-19)25(21)24(27)20-12-13-20/h4-11,17,20-21,23H,12-14H2,1-3H3/t17-,21+,23-/m1/s1. The normalized spacial score (nSPS) is 25.5. The predicted molar refractivity (Wildman–Crippen MR) is 106 cm³/mol. The molecule has 1 amide bonds. The summed E-state index contributed by atoms with van der Waals surface area (Å²) in [7, 11) is 0. The first-order valence-corrected chi connectivity index (χ1v) is 9.93. The van der Waals surface area contributed by atoms with Crippen LogP contribution in [0, 0.1) is 25.7 Å².